The Kier molecular flexibility index (Phi) is 6.25. The van der Waals surface area contributed by atoms with Crippen LogP contribution in [0.1, 0.15) is 31.0 Å². The van der Waals surface area contributed by atoms with Gasteiger partial charge < -0.3 is 24.1 Å². The number of aliphatic hydroxyl groups excluding tert-OH is 1. The van der Waals surface area contributed by atoms with Gasteiger partial charge in [-0.1, -0.05) is 30.3 Å². The molecule has 36 heavy (non-hydrogen) atoms. The molecule has 0 aromatic heterocycles. The summed E-state index contributed by atoms with van der Waals surface area (Å²) >= 11 is 0. The van der Waals surface area contributed by atoms with Gasteiger partial charge >= 0.3 is 0 Å². The van der Waals surface area contributed by atoms with E-state index in [1.54, 1.807) is 36.4 Å². The van der Waals surface area contributed by atoms with Crippen molar-refractivity contribution in [3.05, 3.63) is 83.4 Å². The van der Waals surface area contributed by atoms with Crippen LogP contribution in [0.5, 0.6) is 23.0 Å². The molecule has 184 valence electrons. The van der Waals surface area contributed by atoms with Crippen LogP contribution in [-0.2, 0) is 9.59 Å². The molecule has 1 fully saturated rings. The normalized spacial score (nSPS) is 17.9. The van der Waals surface area contributed by atoms with Crippen molar-refractivity contribution in [3.8, 4) is 23.0 Å². The zero-order valence-electron chi connectivity index (χ0n) is 19.9. The molecular formula is C28H25NO7. The number of Topliss-reactive ketones (excluding diaryl/α,β-unsaturated/α-hetero) is 1. The number of benzene rings is 3. The molecule has 0 spiro atoms. The van der Waals surface area contributed by atoms with Crippen LogP contribution in [0, 0.1) is 0 Å². The van der Waals surface area contributed by atoms with E-state index in [4.69, 9.17) is 18.9 Å². The molecular weight excluding hydrogens is 462 g/mol. The second-order valence-electron chi connectivity index (χ2n) is 8.14. The quantitative estimate of drug-likeness (QED) is 0.290. The van der Waals surface area contributed by atoms with Crippen LogP contribution >= 0.6 is 0 Å². The van der Waals surface area contributed by atoms with Crippen molar-refractivity contribution in [1.29, 1.82) is 0 Å². The molecule has 0 bridgehead atoms. The maximum atomic E-state index is 13.4. The summed E-state index contributed by atoms with van der Waals surface area (Å²) in [6.45, 7) is 4.57. The lowest BCUT2D eigenvalue weighted by atomic mass is 9.94. The number of hydrogen-bond donors (Lipinski definition) is 1. The predicted octanol–water partition coefficient (Wildman–Crippen LogP) is 4.84. The molecule has 3 aromatic carbocycles. The predicted molar refractivity (Wildman–Crippen MR) is 133 cm³/mol. The van der Waals surface area contributed by atoms with E-state index in [2.05, 4.69) is 0 Å². The molecule has 8 nitrogen and oxygen atoms in total. The average molecular weight is 488 g/mol. The van der Waals surface area contributed by atoms with E-state index in [9.17, 15) is 14.7 Å². The molecule has 0 radical (unpaired) electrons. The number of ketones is 1. The minimum atomic E-state index is -0.868. The molecule has 1 saturated heterocycles. The van der Waals surface area contributed by atoms with Crippen molar-refractivity contribution < 1.29 is 33.6 Å². The third-order valence-electron chi connectivity index (χ3n) is 6.01. The zero-order chi connectivity index (χ0) is 25.2. The Hall–Kier alpha value is -4.46. The summed E-state index contributed by atoms with van der Waals surface area (Å²) in [7, 11) is 0. The molecule has 2 heterocycles. The molecule has 1 N–H and O–H groups in total. The first-order valence-corrected chi connectivity index (χ1v) is 11.7. The molecule has 3 aromatic rings. The maximum Gasteiger partial charge on any atom is 0.300 e. The SMILES string of the molecule is CCOc1ccc(/C(O)=C2\C(=O)C(=O)N(c3ccc4c(c3)OCO4)C2c2ccccc2)c(OCC)c1. The van der Waals surface area contributed by atoms with Gasteiger partial charge in [0.15, 0.2) is 11.5 Å². The Balaban J connectivity index is 1.68. The molecule has 0 aliphatic carbocycles. The number of nitrogens with zero attached hydrogens (tertiary/aromatic N) is 1. The van der Waals surface area contributed by atoms with E-state index in [0.29, 0.717) is 53.0 Å². The minimum absolute atomic E-state index is 0.0334. The van der Waals surface area contributed by atoms with Crippen LogP contribution in [0.4, 0.5) is 5.69 Å². The van der Waals surface area contributed by atoms with Gasteiger partial charge in [0.1, 0.15) is 17.3 Å². The third kappa shape index (κ3) is 4.00. The fourth-order valence-electron chi connectivity index (χ4n) is 4.46. The summed E-state index contributed by atoms with van der Waals surface area (Å²) in [5, 5.41) is 11.5. The van der Waals surface area contributed by atoms with Crippen LogP contribution in [-0.4, -0.2) is 36.8 Å². The number of carbonyl (C=O) groups excluding carboxylic acids is 2. The van der Waals surface area contributed by atoms with E-state index in [1.165, 1.54) is 4.90 Å². The highest BCUT2D eigenvalue weighted by molar-refractivity contribution is 6.51. The number of hydrogen-bond acceptors (Lipinski definition) is 7. The summed E-state index contributed by atoms with van der Waals surface area (Å²) in [6.07, 6.45) is 0. The highest BCUT2D eigenvalue weighted by atomic mass is 16.7. The number of aliphatic hydroxyl groups is 1. The first-order chi connectivity index (χ1) is 17.5. The first-order valence-electron chi connectivity index (χ1n) is 11.7. The second-order valence-corrected chi connectivity index (χ2v) is 8.14. The van der Waals surface area contributed by atoms with E-state index >= 15 is 0 Å². The number of fused-ring (bicyclic) bond motifs is 1. The lowest BCUT2D eigenvalue weighted by Gasteiger charge is -2.25. The van der Waals surface area contributed by atoms with Gasteiger partial charge in [-0.25, -0.2) is 0 Å². The first kappa shape index (κ1) is 23.3. The molecule has 5 rings (SSSR count). The Morgan fingerprint density at radius 1 is 0.944 bits per heavy atom. The lowest BCUT2D eigenvalue weighted by Crippen LogP contribution is -2.29. The summed E-state index contributed by atoms with van der Waals surface area (Å²) < 4.78 is 22.2. The fourth-order valence-corrected chi connectivity index (χ4v) is 4.46. The van der Waals surface area contributed by atoms with Crippen LogP contribution in [0.25, 0.3) is 5.76 Å². The van der Waals surface area contributed by atoms with Crippen molar-refractivity contribution >= 4 is 23.1 Å². The highest BCUT2D eigenvalue weighted by Crippen LogP contribution is 2.45. The van der Waals surface area contributed by atoms with Gasteiger partial charge in [-0.2, -0.15) is 0 Å². The van der Waals surface area contributed by atoms with E-state index < -0.39 is 17.7 Å². The largest absolute Gasteiger partial charge is 0.507 e. The Labute approximate surface area is 208 Å². The molecule has 0 saturated carbocycles. The molecule has 1 unspecified atom stereocenters. The van der Waals surface area contributed by atoms with Crippen LogP contribution in [0.3, 0.4) is 0 Å². The van der Waals surface area contributed by atoms with Gasteiger partial charge in [0, 0.05) is 17.8 Å². The van der Waals surface area contributed by atoms with Crippen molar-refractivity contribution in [2.45, 2.75) is 19.9 Å². The summed E-state index contributed by atoms with van der Waals surface area (Å²) in [5.41, 5.74) is 1.38. The number of carbonyl (C=O) groups is 2. The highest BCUT2D eigenvalue weighted by Gasteiger charge is 2.47. The van der Waals surface area contributed by atoms with Gasteiger partial charge in [0.05, 0.1) is 30.4 Å². The maximum absolute atomic E-state index is 13.4. The Bertz CT molecular complexity index is 1350. The van der Waals surface area contributed by atoms with Crippen LogP contribution < -0.4 is 23.8 Å². The third-order valence-corrected chi connectivity index (χ3v) is 6.01. The summed E-state index contributed by atoms with van der Waals surface area (Å²) in [4.78, 5) is 28.2. The van der Waals surface area contributed by atoms with Crippen molar-refractivity contribution in [2.24, 2.45) is 0 Å². The number of ether oxygens (including phenoxy) is 4. The number of amides is 1. The smallest absolute Gasteiger partial charge is 0.300 e. The zero-order valence-corrected chi connectivity index (χ0v) is 19.9. The second kappa shape index (κ2) is 9.65. The summed E-state index contributed by atoms with van der Waals surface area (Å²) in [6, 6.07) is 18.2. The van der Waals surface area contributed by atoms with E-state index in [0.717, 1.165) is 0 Å². The molecule has 8 heteroatoms. The van der Waals surface area contributed by atoms with E-state index in [1.807, 2.05) is 44.2 Å². The van der Waals surface area contributed by atoms with Crippen LogP contribution in [0.2, 0.25) is 0 Å². The fraction of sp³-hybridized carbons (Fsp3) is 0.214. The van der Waals surface area contributed by atoms with Gasteiger partial charge in [-0.3, -0.25) is 14.5 Å². The molecule has 1 atom stereocenters. The lowest BCUT2D eigenvalue weighted by molar-refractivity contribution is -0.132. The Morgan fingerprint density at radius 3 is 2.44 bits per heavy atom. The molecule has 2 aliphatic heterocycles. The van der Waals surface area contributed by atoms with Gasteiger partial charge in [-0.05, 0) is 43.7 Å². The number of rotatable bonds is 7. The van der Waals surface area contributed by atoms with Crippen molar-refractivity contribution in [2.75, 3.05) is 24.9 Å². The average Bonchev–Trinajstić information content (AvgIpc) is 3.46. The monoisotopic (exact) mass is 487 g/mol. The standard InChI is InChI=1S/C28H25NO7/c1-3-33-19-11-12-20(22(15-19)34-4-2)26(30)24-25(17-8-6-5-7-9-17)29(28(32)27(24)31)18-10-13-21-23(14-18)36-16-35-21/h5-15,25,30H,3-4,16H2,1-2H3/b26-24+. The van der Waals surface area contributed by atoms with Crippen LogP contribution in [0.15, 0.2) is 72.3 Å². The van der Waals surface area contributed by atoms with Gasteiger partial charge in [0.2, 0.25) is 6.79 Å². The van der Waals surface area contributed by atoms with Gasteiger partial charge in [0.25, 0.3) is 11.7 Å². The molecule has 1 amide bonds. The minimum Gasteiger partial charge on any atom is -0.507 e. The van der Waals surface area contributed by atoms with E-state index in [-0.39, 0.29) is 18.1 Å². The topological polar surface area (TPSA) is 94.5 Å². The molecule has 2 aliphatic rings. The summed E-state index contributed by atoms with van der Waals surface area (Å²) in [5.74, 6) is 0.0779. The number of anilines is 1. The van der Waals surface area contributed by atoms with Gasteiger partial charge in [-0.15, -0.1) is 0 Å². The Morgan fingerprint density at radius 2 is 1.69 bits per heavy atom. The van der Waals surface area contributed by atoms with Crippen molar-refractivity contribution in [3.63, 3.8) is 0 Å². The van der Waals surface area contributed by atoms with Crippen molar-refractivity contribution in [1.82, 2.24) is 0 Å².